The zero-order valence-electron chi connectivity index (χ0n) is 37.4. The summed E-state index contributed by atoms with van der Waals surface area (Å²) < 4.78 is 22.8. The van der Waals surface area contributed by atoms with Crippen molar-refractivity contribution in [2.24, 2.45) is 0 Å². The van der Waals surface area contributed by atoms with Crippen LogP contribution in [0.5, 0.6) is 0 Å². The van der Waals surface area contributed by atoms with Crippen molar-refractivity contribution in [2.75, 3.05) is 26.4 Å². The van der Waals surface area contributed by atoms with Crippen molar-refractivity contribution >= 4 is 5.97 Å². The molecule has 1 aliphatic rings. The fraction of sp³-hybridized carbons (Fsp3) is 0.667. The van der Waals surface area contributed by atoms with Crippen molar-refractivity contribution < 1.29 is 44.2 Å². The Labute approximate surface area is 364 Å². The van der Waals surface area contributed by atoms with Crippen LogP contribution in [0.3, 0.4) is 0 Å². The predicted molar refractivity (Wildman–Crippen MR) is 246 cm³/mol. The van der Waals surface area contributed by atoms with Gasteiger partial charge in [-0.15, -0.1) is 0 Å². The average Bonchev–Trinajstić information content (AvgIpc) is 3.25. The molecule has 60 heavy (non-hydrogen) atoms. The Balaban J connectivity index is 2.29. The van der Waals surface area contributed by atoms with Gasteiger partial charge in [-0.2, -0.15) is 0 Å². The number of hydrogen-bond acceptors (Lipinski definition) is 9. The summed E-state index contributed by atoms with van der Waals surface area (Å²) in [6.07, 6.45) is 50.0. The van der Waals surface area contributed by atoms with Gasteiger partial charge in [-0.1, -0.05) is 156 Å². The highest BCUT2D eigenvalue weighted by atomic mass is 16.7. The lowest BCUT2D eigenvalue weighted by molar-refractivity contribution is -0.305. The van der Waals surface area contributed by atoms with Gasteiger partial charge in [0, 0.05) is 13.0 Å². The van der Waals surface area contributed by atoms with Crippen molar-refractivity contribution in [1.82, 2.24) is 0 Å². The average molecular weight is 841 g/mol. The van der Waals surface area contributed by atoms with Gasteiger partial charge in [0.2, 0.25) is 0 Å². The molecule has 1 aliphatic heterocycles. The predicted octanol–water partition coefficient (Wildman–Crippen LogP) is 10.8. The van der Waals surface area contributed by atoms with Crippen LogP contribution in [0.25, 0.3) is 0 Å². The molecule has 0 aromatic heterocycles. The fourth-order valence-electron chi connectivity index (χ4n) is 6.41. The first-order valence-electron chi connectivity index (χ1n) is 23.3. The number of ether oxygens (including phenoxy) is 4. The molecule has 1 saturated heterocycles. The fourth-order valence-corrected chi connectivity index (χ4v) is 6.41. The third-order valence-corrected chi connectivity index (χ3v) is 10.00. The molecular formula is C51H84O9. The lowest BCUT2D eigenvalue weighted by atomic mass is 9.99. The van der Waals surface area contributed by atoms with E-state index in [1.165, 1.54) is 19.3 Å². The molecule has 1 fully saturated rings. The van der Waals surface area contributed by atoms with Crippen LogP contribution in [0.15, 0.2) is 97.2 Å². The minimum Gasteiger partial charge on any atom is -0.457 e. The van der Waals surface area contributed by atoms with Crippen molar-refractivity contribution in [2.45, 2.75) is 192 Å². The number of carbonyl (C=O) groups excluding carboxylic acids is 1. The van der Waals surface area contributed by atoms with Crippen LogP contribution in [0.1, 0.15) is 155 Å². The summed E-state index contributed by atoms with van der Waals surface area (Å²) in [5.41, 5.74) is 0. The Morgan fingerprint density at radius 1 is 0.533 bits per heavy atom. The van der Waals surface area contributed by atoms with Gasteiger partial charge in [0.25, 0.3) is 0 Å². The second-order valence-electron chi connectivity index (χ2n) is 15.4. The molecule has 0 aromatic carbocycles. The van der Waals surface area contributed by atoms with Crippen molar-refractivity contribution in [3.8, 4) is 0 Å². The topological polar surface area (TPSA) is 135 Å². The first-order valence-corrected chi connectivity index (χ1v) is 23.3. The first kappa shape index (κ1) is 55.1. The van der Waals surface area contributed by atoms with E-state index in [0.29, 0.717) is 13.0 Å². The molecule has 0 aliphatic carbocycles. The van der Waals surface area contributed by atoms with Gasteiger partial charge in [0.1, 0.15) is 30.5 Å². The highest BCUT2D eigenvalue weighted by molar-refractivity contribution is 5.69. The van der Waals surface area contributed by atoms with Crippen LogP contribution >= 0.6 is 0 Å². The van der Waals surface area contributed by atoms with Crippen LogP contribution in [-0.2, 0) is 23.7 Å². The lowest BCUT2D eigenvalue weighted by Crippen LogP contribution is -2.59. The molecule has 0 saturated carbocycles. The summed E-state index contributed by atoms with van der Waals surface area (Å²) in [6.45, 7) is 4.24. The summed E-state index contributed by atoms with van der Waals surface area (Å²) in [7, 11) is 0. The SMILES string of the molecule is CC/C=C\C/C=C\C/C=C\C/C=C\C/C=C\CCCCCCOCC(COC1OC(CO)C(O)C(O)C1O)OC(=O)CCCCCCCCC/C=C\C/C=C\C/C=C\CC. The molecule has 0 spiro atoms. The van der Waals surface area contributed by atoms with Crippen LogP contribution < -0.4 is 0 Å². The van der Waals surface area contributed by atoms with Gasteiger partial charge >= 0.3 is 5.97 Å². The van der Waals surface area contributed by atoms with Crippen LogP contribution in [0.2, 0.25) is 0 Å². The Morgan fingerprint density at radius 3 is 1.45 bits per heavy atom. The molecular weight excluding hydrogens is 757 g/mol. The summed E-state index contributed by atoms with van der Waals surface area (Å²) >= 11 is 0. The van der Waals surface area contributed by atoms with Crippen molar-refractivity contribution in [3.63, 3.8) is 0 Å². The summed E-state index contributed by atoms with van der Waals surface area (Å²) in [6, 6.07) is 0. The largest absolute Gasteiger partial charge is 0.457 e. The minimum atomic E-state index is -1.55. The molecule has 6 unspecified atom stereocenters. The number of carbonyl (C=O) groups is 1. The summed E-state index contributed by atoms with van der Waals surface area (Å²) in [5.74, 6) is -0.338. The maximum absolute atomic E-state index is 12.8. The highest BCUT2D eigenvalue weighted by Gasteiger charge is 2.44. The van der Waals surface area contributed by atoms with Gasteiger partial charge in [0.15, 0.2) is 6.29 Å². The Morgan fingerprint density at radius 2 is 0.967 bits per heavy atom. The van der Waals surface area contributed by atoms with E-state index in [1.807, 2.05) is 0 Å². The van der Waals surface area contributed by atoms with Crippen molar-refractivity contribution in [1.29, 1.82) is 0 Å². The number of aliphatic hydroxyl groups excluding tert-OH is 4. The lowest BCUT2D eigenvalue weighted by Gasteiger charge is -2.39. The Hall–Kier alpha value is -2.89. The van der Waals surface area contributed by atoms with Gasteiger partial charge in [-0.3, -0.25) is 4.79 Å². The third-order valence-electron chi connectivity index (χ3n) is 10.00. The van der Waals surface area contributed by atoms with E-state index in [2.05, 4.69) is 111 Å². The van der Waals surface area contributed by atoms with E-state index in [-0.39, 0.29) is 19.2 Å². The van der Waals surface area contributed by atoms with E-state index in [4.69, 9.17) is 18.9 Å². The van der Waals surface area contributed by atoms with E-state index in [0.717, 1.165) is 116 Å². The second-order valence-corrected chi connectivity index (χ2v) is 15.4. The number of rotatable bonds is 38. The van der Waals surface area contributed by atoms with E-state index < -0.39 is 43.4 Å². The van der Waals surface area contributed by atoms with Crippen LogP contribution in [0.4, 0.5) is 0 Å². The minimum absolute atomic E-state index is 0.117. The number of unbranched alkanes of at least 4 members (excludes halogenated alkanes) is 11. The monoisotopic (exact) mass is 841 g/mol. The standard InChI is InChI=1S/C51H84O9/c1-3-5-7-9-11-13-15-17-19-21-22-23-25-27-29-31-33-35-37-39-41-57-43-45(44-58-51-50(56)49(55)48(54)46(42-52)60-51)59-47(53)40-38-36-34-32-30-28-26-24-20-18-16-14-12-10-8-6-4-2/h5-8,11-14,17-20,22-23,27,29,45-46,48-52,54-56H,3-4,9-10,15-16,21,24-26,28,30-44H2,1-2H3/b7-5-,8-6-,13-11-,14-12-,19-17-,20-18-,23-22-,29-27-. The zero-order chi connectivity index (χ0) is 43.6. The maximum Gasteiger partial charge on any atom is 0.306 e. The number of allylic oxidation sites excluding steroid dienone is 16. The number of aliphatic hydroxyl groups is 4. The number of esters is 1. The second kappa shape index (κ2) is 41.5. The van der Waals surface area contributed by atoms with Gasteiger partial charge in [0.05, 0.1) is 19.8 Å². The van der Waals surface area contributed by atoms with Gasteiger partial charge in [-0.25, -0.2) is 0 Å². The normalized spacial score (nSPS) is 20.9. The molecule has 0 aromatic rings. The van der Waals surface area contributed by atoms with Crippen LogP contribution in [-0.4, -0.2) is 89.6 Å². The van der Waals surface area contributed by atoms with E-state index in [9.17, 15) is 25.2 Å². The Kier molecular flexibility index (Phi) is 38.1. The molecule has 342 valence electrons. The molecule has 0 bridgehead atoms. The number of hydrogen-bond donors (Lipinski definition) is 4. The summed E-state index contributed by atoms with van der Waals surface area (Å²) in [5, 5.41) is 40.2. The van der Waals surface area contributed by atoms with Crippen LogP contribution in [0, 0.1) is 0 Å². The molecule has 9 heteroatoms. The molecule has 6 atom stereocenters. The molecule has 1 rings (SSSR count). The smallest absolute Gasteiger partial charge is 0.306 e. The first-order chi connectivity index (χ1) is 29.4. The summed E-state index contributed by atoms with van der Waals surface area (Å²) in [4.78, 5) is 12.8. The van der Waals surface area contributed by atoms with E-state index in [1.54, 1.807) is 0 Å². The molecule has 1 heterocycles. The Bertz CT molecular complexity index is 1230. The van der Waals surface area contributed by atoms with Gasteiger partial charge in [-0.05, 0) is 89.9 Å². The van der Waals surface area contributed by atoms with Gasteiger partial charge < -0.3 is 39.4 Å². The highest BCUT2D eigenvalue weighted by Crippen LogP contribution is 2.22. The maximum atomic E-state index is 12.8. The van der Waals surface area contributed by atoms with E-state index >= 15 is 0 Å². The molecule has 9 nitrogen and oxygen atoms in total. The quantitative estimate of drug-likeness (QED) is 0.0272. The molecule has 0 amide bonds. The molecule has 0 radical (unpaired) electrons. The van der Waals surface area contributed by atoms with Crippen molar-refractivity contribution in [3.05, 3.63) is 97.2 Å². The molecule has 4 N–H and O–H groups in total. The third kappa shape index (κ3) is 31.9. The zero-order valence-corrected chi connectivity index (χ0v) is 37.4.